The molecule has 6 nitrogen and oxygen atoms in total. The van der Waals surface area contributed by atoms with Crippen LogP contribution >= 0.6 is 0 Å². The van der Waals surface area contributed by atoms with Gasteiger partial charge in [0.15, 0.2) is 0 Å². The number of hydrogen-bond acceptors (Lipinski definition) is 5. The van der Waals surface area contributed by atoms with E-state index < -0.39 is 31.3 Å². The Labute approximate surface area is 108 Å². The molecule has 1 heterocycles. The first kappa shape index (κ1) is 15.7. The number of amides is 2. The van der Waals surface area contributed by atoms with Gasteiger partial charge in [-0.1, -0.05) is 0 Å². The van der Waals surface area contributed by atoms with Crippen molar-refractivity contribution in [3.05, 3.63) is 0 Å². The lowest BCUT2D eigenvalue weighted by Crippen LogP contribution is -2.45. The van der Waals surface area contributed by atoms with Crippen LogP contribution in [0, 0.1) is 0 Å². The third-order valence-electron chi connectivity index (χ3n) is 2.50. The number of nitrogens with zero attached hydrogens (tertiary/aromatic N) is 2. The summed E-state index contributed by atoms with van der Waals surface area (Å²) >= 11 is 0. The minimum Gasteiger partial charge on any atom is -0.447 e. The highest BCUT2D eigenvalue weighted by Crippen LogP contribution is 2.16. The molecule has 1 fully saturated rings. The molecule has 0 aromatic heterocycles. The molecule has 1 N–H and O–H groups in total. The molecular formula is C10H16F3N3O3. The summed E-state index contributed by atoms with van der Waals surface area (Å²) in [5.74, 6) is -0.678. The number of halogens is 3. The Bertz CT molecular complexity index is 336. The lowest BCUT2D eigenvalue weighted by Gasteiger charge is -2.24. The Morgan fingerprint density at radius 1 is 1.53 bits per heavy atom. The number of ether oxygens (including phenoxy) is 1. The largest absolute Gasteiger partial charge is 0.447 e. The van der Waals surface area contributed by atoms with Crippen molar-refractivity contribution in [2.24, 2.45) is 0 Å². The fraction of sp³-hybridized carbons (Fsp3) is 0.800. The molecule has 1 rings (SSSR count). The fourth-order valence-electron chi connectivity index (χ4n) is 1.63. The highest BCUT2D eigenvalue weighted by molar-refractivity contribution is 5.94. The summed E-state index contributed by atoms with van der Waals surface area (Å²) in [5.41, 5.74) is 0. The first-order chi connectivity index (χ1) is 8.83. The van der Waals surface area contributed by atoms with Crippen LogP contribution in [0.5, 0.6) is 0 Å². The summed E-state index contributed by atoms with van der Waals surface area (Å²) in [7, 11) is 1.60. The quantitative estimate of drug-likeness (QED) is 0.746. The fourth-order valence-corrected chi connectivity index (χ4v) is 1.63. The molecule has 1 aliphatic rings. The molecule has 0 radical (unpaired) electrons. The van der Waals surface area contributed by atoms with Crippen LogP contribution in [-0.4, -0.2) is 74.4 Å². The van der Waals surface area contributed by atoms with E-state index in [0.29, 0.717) is 6.54 Å². The number of imide groups is 1. The van der Waals surface area contributed by atoms with Gasteiger partial charge in [-0.3, -0.25) is 9.69 Å². The molecule has 0 saturated carbocycles. The van der Waals surface area contributed by atoms with Gasteiger partial charge in [0.05, 0.1) is 19.6 Å². The molecule has 19 heavy (non-hydrogen) atoms. The first-order valence-corrected chi connectivity index (χ1v) is 5.74. The maximum Gasteiger partial charge on any atom is 0.416 e. The predicted octanol–water partition coefficient (Wildman–Crippen LogP) is 0.0489. The molecule has 110 valence electrons. The average Bonchev–Trinajstić information content (AvgIpc) is 2.70. The van der Waals surface area contributed by atoms with E-state index in [9.17, 15) is 22.8 Å². The molecule has 0 aromatic carbocycles. The zero-order valence-electron chi connectivity index (χ0n) is 10.5. The number of carbonyl (C=O) groups excluding carboxylic acids is 2. The standard InChI is InChI=1S/C10H16F3N3O3/c1-14-2-3-15(7-10(11,12)13)6-8(17)16-4-5-19-9(16)18/h14H,2-7H2,1H3. The highest BCUT2D eigenvalue weighted by atomic mass is 19.4. The van der Waals surface area contributed by atoms with Crippen molar-refractivity contribution >= 4 is 12.0 Å². The van der Waals surface area contributed by atoms with Gasteiger partial charge in [-0.15, -0.1) is 0 Å². The topological polar surface area (TPSA) is 61.9 Å². The Kier molecular flexibility index (Phi) is 5.55. The van der Waals surface area contributed by atoms with E-state index in [0.717, 1.165) is 9.80 Å². The SMILES string of the molecule is CNCCN(CC(=O)N1CCOC1=O)CC(F)(F)F. The van der Waals surface area contributed by atoms with Crippen molar-refractivity contribution < 1.29 is 27.5 Å². The molecule has 1 saturated heterocycles. The van der Waals surface area contributed by atoms with Crippen LogP contribution < -0.4 is 5.32 Å². The van der Waals surface area contributed by atoms with Gasteiger partial charge >= 0.3 is 12.3 Å². The Morgan fingerprint density at radius 2 is 2.21 bits per heavy atom. The van der Waals surface area contributed by atoms with E-state index >= 15 is 0 Å². The van der Waals surface area contributed by atoms with Gasteiger partial charge in [-0.25, -0.2) is 9.69 Å². The Balaban J connectivity index is 2.55. The van der Waals surface area contributed by atoms with Crippen LogP contribution in [0.2, 0.25) is 0 Å². The van der Waals surface area contributed by atoms with Crippen LogP contribution in [0.3, 0.4) is 0 Å². The molecule has 0 bridgehead atoms. The van der Waals surface area contributed by atoms with E-state index in [1.54, 1.807) is 7.05 Å². The predicted molar refractivity (Wildman–Crippen MR) is 59.5 cm³/mol. The zero-order chi connectivity index (χ0) is 14.5. The highest BCUT2D eigenvalue weighted by Gasteiger charge is 2.34. The van der Waals surface area contributed by atoms with E-state index in [1.807, 2.05) is 0 Å². The number of alkyl halides is 3. The number of hydrogen-bond donors (Lipinski definition) is 1. The van der Waals surface area contributed by atoms with Gasteiger partial charge in [0, 0.05) is 13.1 Å². The second-order valence-corrected chi connectivity index (χ2v) is 4.09. The summed E-state index contributed by atoms with van der Waals surface area (Å²) in [6.45, 7) is -1.11. The van der Waals surface area contributed by atoms with Crippen molar-refractivity contribution in [3.63, 3.8) is 0 Å². The van der Waals surface area contributed by atoms with Gasteiger partial charge in [-0.05, 0) is 7.05 Å². The van der Waals surface area contributed by atoms with E-state index in [4.69, 9.17) is 0 Å². The van der Waals surface area contributed by atoms with Crippen molar-refractivity contribution in [2.45, 2.75) is 6.18 Å². The maximum absolute atomic E-state index is 12.4. The van der Waals surface area contributed by atoms with Gasteiger partial charge in [0.25, 0.3) is 0 Å². The molecule has 1 aliphatic heterocycles. The zero-order valence-corrected chi connectivity index (χ0v) is 10.5. The molecular weight excluding hydrogens is 267 g/mol. The molecule has 9 heteroatoms. The number of likely N-dealkylation sites (N-methyl/N-ethyl adjacent to an activating group) is 1. The van der Waals surface area contributed by atoms with Crippen molar-refractivity contribution in [1.82, 2.24) is 15.1 Å². The van der Waals surface area contributed by atoms with E-state index in [-0.39, 0.29) is 19.7 Å². The van der Waals surface area contributed by atoms with Crippen molar-refractivity contribution in [2.75, 3.05) is 46.4 Å². The first-order valence-electron chi connectivity index (χ1n) is 5.74. The Hall–Kier alpha value is -1.35. The summed E-state index contributed by atoms with van der Waals surface area (Å²) in [4.78, 5) is 24.6. The van der Waals surface area contributed by atoms with Gasteiger partial charge in [-0.2, -0.15) is 13.2 Å². The minimum absolute atomic E-state index is 0.0602. The maximum atomic E-state index is 12.4. The van der Waals surface area contributed by atoms with E-state index in [1.165, 1.54) is 0 Å². The summed E-state index contributed by atoms with van der Waals surface area (Å²) < 4.78 is 41.6. The third-order valence-corrected chi connectivity index (χ3v) is 2.50. The summed E-state index contributed by atoms with van der Waals surface area (Å²) in [6.07, 6.45) is -5.19. The Morgan fingerprint density at radius 3 is 2.68 bits per heavy atom. The molecule has 0 aliphatic carbocycles. The van der Waals surface area contributed by atoms with Crippen LogP contribution in [0.25, 0.3) is 0 Å². The second kappa shape index (κ2) is 6.71. The molecule has 0 aromatic rings. The van der Waals surface area contributed by atoms with Gasteiger partial charge < -0.3 is 10.1 Å². The smallest absolute Gasteiger partial charge is 0.416 e. The van der Waals surface area contributed by atoms with Gasteiger partial charge in [0.1, 0.15) is 6.61 Å². The number of nitrogens with one attached hydrogen (secondary N) is 1. The second-order valence-electron chi connectivity index (χ2n) is 4.09. The van der Waals surface area contributed by atoms with Gasteiger partial charge in [0.2, 0.25) is 5.91 Å². The lowest BCUT2D eigenvalue weighted by molar-refractivity contribution is -0.150. The summed E-state index contributed by atoms with van der Waals surface area (Å²) in [5, 5.41) is 2.71. The molecule has 0 spiro atoms. The average molecular weight is 283 g/mol. The van der Waals surface area contributed by atoms with Crippen LogP contribution in [0.1, 0.15) is 0 Å². The molecule has 0 atom stereocenters. The third kappa shape index (κ3) is 5.43. The van der Waals surface area contributed by atoms with E-state index in [2.05, 4.69) is 10.1 Å². The molecule has 0 unspecified atom stereocenters. The molecule has 2 amide bonds. The van der Waals surface area contributed by atoms with Crippen molar-refractivity contribution in [3.8, 4) is 0 Å². The lowest BCUT2D eigenvalue weighted by atomic mass is 10.4. The van der Waals surface area contributed by atoms with Crippen LogP contribution in [-0.2, 0) is 9.53 Å². The number of rotatable bonds is 6. The number of cyclic esters (lactones) is 1. The monoisotopic (exact) mass is 283 g/mol. The minimum atomic E-state index is -4.39. The van der Waals surface area contributed by atoms with Crippen LogP contribution in [0.15, 0.2) is 0 Å². The van der Waals surface area contributed by atoms with Crippen LogP contribution in [0.4, 0.5) is 18.0 Å². The number of carbonyl (C=O) groups is 2. The van der Waals surface area contributed by atoms with Crippen molar-refractivity contribution in [1.29, 1.82) is 0 Å². The normalized spacial score (nSPS) is 16.1. The summed E-state index contributed by atoms with van der Waals surface area (Å²) in [6, 6.07) is 0.